The van der Waals surface area contributed by atoms with E-state index in [1.807, 2.05) is 11.8 Å². The molecule has 0 saturated carbocycles. The molecule has 10 nitrogen and oxygen atoms in total. The number of carbonyl (C=O) groups is 1. The molecule has 0 amide bonds. The Kier molecular flexibility index (Phi) is 6.90. The van der Waals surface area contributed by atoms with E-state index in [-0.39, 0.29) is 29.3 Å². The number of nitrogens with zero attached hydrogens (tertiary/aromatic N) is 4. The molecule has 6 rings (SSSR count). The van der Waals surface area contributed by atoms with Crippen LogP contribution in [-0.4, -0.2) is 70.2 Å². The molecule has 4 aromatic rings. The Labute approximate surface area is 239 Å². The molecule has 1 fully saturated rings. The third-order valence-electron chi connectivity index (χ3n) is 8.03. The molecular weight excluding hydrogens is 548 g/mol. The molecule has 1 aliphatic heterocycles. The molecule has 3 N–H and O–H groups in total. The number of anilines is 2. The number of aliphatic hydroxyl groups is 1. The summed E-state index contributed by atoms with van der Waals surface area (Å²) in [7, 11) is 1.65. The molecule has 218 valence electrons. The van der Waals surface area contributed by atoms with Crippen LogP contribution >= 0.6 is 0 Å². The lowest BCUT2D eigenvalue weighted by Gasteiger charge is -2.35. The van der Waals surface area contributed by atoms with Gasteiger partial charge < -0.3 is 29.7 Å². The number of aliphatic hydroxyl groups excluding tert-OH is 1. The third-order valence-corrected chi connectivity index (χ3v) is 8.03. The van der Waals surface area contributed by atoms with Gasteiger partial charge in [-0.1, -0.05) is 0 Å². The molecule has 0 bridgehead atoms. The number of nitrogens with one attached hydrogen (secondary N) is 1. The molecule has 4 heterocycles. The quantitative estimate of drug-likeness (QED) is 0.276. The van der Waals surface area contributed by atoms with E-state index in [0.29, 0.717) is 65.4 Å². The standard InChI is InChI=1S/C30H29F2N5O5/c1-14(13-38)37-12-20(30(40)41)28(39)18-6-16(9-35-29(18)37)19-10-34-23-7-17-22(33-3)8-21(31)26(32)24(17)25(23)27(19)36-4-5-42-15(2)11-36/h6,8-10,12,14-15,33,38H,4-5,7,11,13H2,1-3H3,(H,40,41)/t14-,15-/m0/s1. The molecule has 0 radical (unpaired) electrons. The summed E-state index contributed by atoms with van der Waals surface area (Å²) in [6.45, 7) is 4.67. The van der Waals surface area contributed by atoms with Gasteiger partial charge in [0.05, 0.1) is 42.1 Å². The van der Waals surface area contributed by atoms with Gasteiger partial charge in [0.2, 0.25) is 5.43 Å². The van der Waals surface area contributed by atoms with Crippen molar-refractivity contribution in [2.75, 3.05) is 43.6 Å². The number of rotatable bonds is 6. The van der Waals surface area contributed by atoms with Crippen LogP contribution in [0.1, 0.15) is 41.5 Å². The number of carboxylic acids is 1. The van der Waals surface area contributed by atoms with Crippen LogP contribution in [0, 0.1) is 11.6 Å². The zero-order valence-electron chi connectivity index (χ0n) is 23.2. The van der Waals surface area contributed by atoms with Gasteiger partial charge in [-0.05, 0) is 25.5 Å². The fraction of sp³-hybridized carbons (Fsp3) is 0.333. The third kappa shape index (κ3) is 4.29. The monoisotopic (exact) mass is 577 g/mol. The van der Waals surface area contributed by atoms with Crippen LogP contribution in [0.4, 0.5) is 20.2 Å². The predicted molar refractivity (Wildman–Crippen MR) is 153 cm³/mol. The van der Waals surface area contributed by atoms with Gasteiger partial charge in [-0.15, -0.1) is 0 Å². The lowest BCUT2D eigenvalue weighted by Crippen LogP contribution is -2.41. The summed E-state index contributed by atoms with van der Waals surface area (Å²) in [5.74, 6) is -3.35. The number of hydrogen-bond acceptors (Lipinski definition) is 8. The highest BCUT2D eigenvalue weighted by molar-refractivity contribution is 5.98. The minimum atomic E-state index is -1.40. The van der Waals surface area contributed by atoms with E-state index in [1.54, 1.807) is 26.2 Å². The van der Waals surface area contributed by atoms with Crippen molar-refractivity contribution >= 4 is 28.4 Å². The number of benzene rings is 1. The first-order valence-electron chi connectivity index (χ1n) is 13.6. The fourth-order valence-electron chi connectivity index (χ4n) is 5.95. The number of halogens is 2. The molecule has 1 saturated heterocycles. The summed E-state index contributed by atoms with van der Waals surface area (Å²) in [5, 5.41) is 22.5. The van der Waals surface area contributed by atoms with Crippen molar-refractivity contribution in [3.05, 3.63) is 69.4 Å². The second-order valence-corrected chi connectivity index (χ2v) is 10.7. The number of aromatic nitrogens is 3. The highest BCUT2D eigenvalue weighted by Gasteiger charge is 2.35. The lowest BCUT2D eigenvalue weighted by molar-refractivity contribution is 0.0533. The van der Waals surface area contributed by atoms with Gasteiger partial charge >= 0.3 is 5.97 Å². The second-order valence-electron chi connectivity index (χ2n) is 10.7. The lowest BCUT2D eigenvalue weighted by atomic mass is 9.96. The Morgan fingerprint density at radius 2 is 2.02 bits per heavy atom. The van der Waals surface area contributed by atoms with Crippen molar-refractivity contribution in [3.63, 3.8) is 0 Å². The summed E-state index contributed by atoms with van der Waals surface area (Å²) in [4.78, 5) is 36.5. The van der Waals surface area contributed by atoms with Crippen molar-refractivity contribution in [1.29, 1.82) is 0 Å². The van der Waals surface area contributed by atoms with Crippen molar-refractivity contribution < 1.29 is 28.5 Å². The van der Waals surface area contributed by atoms with Gasteiger partial charge in [0.1, 0.15) is 11.2 Å². The number of hydrogen-bond donors (Lipinski definition) is 3. The van der Waals surface area contributed by atoms with Crippen molar-refractivity contribution in [1.82, 2.24) is 14.5 Å². The van der Waals surface area contributed by atoms with Crippen LogP contribution in [0.2, 0.25) is 0 Å². The van der Waals surface area contributed by atoms with Crippen LogP contribution < -0.4 is 15.6 Å². The molecule has 1 aromatic carbocycles. The molecule has 42 heavy (non-hydrogen) atoms. The van der Waals surface area contributed by atoms with Gasteiger partial charge in [-0.2, -0.15) is 0 Å². The maximum Gasteiger partial charge on any atom is 0.341 e. The first kappa shape index (κ1) is 27.7. The minimum Gasteiger partial charge on any atom is -0.477 e. The van der Waals surface area contributed by atoms with E-state index in [9.17, 15) is 24.2 Å². The Bertz CT molecular complexity index is 1830. The SMILES string of the molecule is CNc1cc(F)c(F)c2c1Cc1ncc(-c3cnc4c(c3)c(=O)c(C(=O)O)cn4[C@@H](C)CO)c(N3CCO[C@@H](C)C3)c1-2. The summed E-state index contributed by atoms with van der Waals surface area (Å²) >= 11 is 0. The molecule has 2 atom stereocenters. The topological polar surface area (TPSA) is 130 Å². The van der Waals surface area contributed by atoms with Crippen LogP contribution in [-0.2, 0) is 11.2 Å². The van der Waals surface area contributed by atoms with E-state index >= 15 is 4.39 Å². The number of morpholine rings is 1. The number of fused-ring (bicyclic) bond motifs is 4. The van der Waals surface area contributed by atoms with Crippen molar-refractivity contribution in [2.45, 2.75) is 32.4 Å². The number of ether oxygens (including phenoxy) is 1. The fourth-order valence-corrected chi connectivity index (χ4v) is 5.95. The number of carboxylic acid groups (broad SMARTS) is 1. The van der Waals surface area contributed by atoms with E-state index in [4.69, 9.17) is 4.74 Å². The van der Waals surface area contributed by atoms with Gasteiger partial charge in [-0.3, -0.25) is 9.78 Å². The number of aromatic carboxylic acids is 1. The van der Waals surface area contributed by atoms with E-state index < -0.39 is 34.6 Å². The highest BCUT2D eigenvalue weighted by atomic mass is 19.2. The van der Waals surface area contributed by atoms with Gasteiger partial charge in [0, 0.05) is 79.2 Å². The first-order valence-corrected chi connectivity index (χ1v) is 13.6. The average molecular weight is 578 g/mol. The van der Waals surface area contributed by atoms with Crippen molar-refractivity contribution in [2.24, 2.45) is 0 Å². The van der Waals surface area contributed by atoms with E-state index in [2.05, 4.69) is 15.3 Å². The van der Waals surface area contributed by atoms with E-state index in [0.717, 1.165) is 6.07 Å². The second kappa shape index (κ2) is 10.4. The van der Waals surface area contributed by atoms with Crippen molar-refractivity contribution in [3.8, 4) is 22.3 Å². The van der Waals surface area contributed by atoms with Crippen LogP contribution in [0.3, 0.4) is 0 Å². The normalized spacial score (nSPS) is 16.8. The Hall–Kier alpha value is -4.42. The Balaban J connectivity index is 1.66. The maximum atomic E-state index is 15.6. The van der Waals surface area contributed by atoms with Crippen LogP contribution in [0.25, 0.3) is 33.3 Å². The number of pyridine rings is 3. The largest absolute Gasteiger partial charge is 0.477 e. The van der Waals surface area contributed by atoms with Gasteiger partial charge in [0.15, 0.2) is 11.6 Å². The average Bonchev–Trinajstić information content (AvgIpc) is 3.38. The Morgan fingerprint density at radius 1 is 1.24 bits per heavy atom. The minimum absolute atomic E-state index is 0.0459. The zero-order chi connectivity index (χ0) is 29.9. The summed E-state index contributed by atoms with van der Waals surface area (Å²) in [6, 6.07) is 2.14. The summed E-state index contributed by atoms with van der Waals surface area (Å²) < 4.78 is 37.7. The Morgan fingerprint density at radius 3 is 2.71 bits per heavy atom. The molecule has 2 aliphatic rings. The molecule has 12 heteroatoms. The first-order chi connectivity index (χ1) is 20.1. The van der Waals surface area contributed by atoms with Crippen LogP contribution in [0.5, 0.6) is 0 Å². The zero-order valence-corrected chi connectivity index (χ0v) is 23.2. The maximum absolute atomic E-state index is 15.6. The molecule has 0 spiro atoms. The van der Waals surface area contributed by atoms with Crippen LogP contribution in [0.15, 0.2) is 35.5 Å². The van der Waals surface area contributed by atoms with E-state index in [1.165, 1.54) is 17.0 Å². The summed E-state index contributed by atoms with van der Waals surface area (Å²) in [5.41, 5.74) is 2.89. The summed E-state index contributed by atoms with van der Waals surface area (Å²) in [6.07, 6.45) is 4.52. The van der Waals surface area contributed by atoms with Gasteiger partial charge in [0.25, 0.3) is 0 Å². The smallest absolute Gasteiger partial charge is 0.341 e. The molecule has 1 aliphatic carbocycles. The van der Waals surface area contributed by atoms with Gasteiger partial charge in [-0.25, -0.2) is 18.6 Å². The highest BCUT2D eigenvalue weighted by Crippen LogP contribution is 2.50. The molecule has 0 unspecified atom stereocenters. The molecular formula is C30H29F2N5O5. The predicted octanol–water partition coefficient (Wildman–Crippen LogP) is 3.83. The molecule has 3 aromatic heterocycles.